The maximum absolute atomic E-state index is 2.48. The maximum Gasteiger partial charge on any atom is 0.0785 e. The third-order valence-electron chi connectivity index (χ3n) is 30.6. The van der Waals surface area contributed by atoms with Crippen molar-refractivity contribution in [2.24, 2.45) is 28.2 Å². The average molecular weight is 1840 g/mol. The predicted octanol–water partition coefficient (Wildman–Crippen LogP) is 35.8. The average Bonchev–Trinajstić information content (AvgIpc) is 1.47. The molecular weight excluding hydrogens is 1750 g/mol. The molecule has 678 valence electrons. The Labute approximate surface area is 830 Å². The van der Waals surface area contributed by atoms with Crippen molar-refractivity contribution in [2.75, 3.05) is 0 Å². The summed E-state index contributed by atoms with van der Waals surface area (Å²) >= 11 is 0. The molecule has 31 aromatic rings. The molecule has 8 heteroatoms. The summed E-state index contributed by atoms with van der Waals surface area (Å²) in [5.41, 5.74) is 39.7. The second-order valence-electron chi connectivity index (χ2n) is 38.3. The lowest BCUT2D eigenvalue weighted by Gasteiger charge is -2.14. The van der Waals surface area contributed by atoms with E-state index in [0.29, 0.717) is 0 Å². The monoisotopic (exact) mass is 1840 g/mol. The first-order valence-corrected chi connectivity index (χ1v) is 49.7. The predicted molar refractivity (Wildman–Crippen MR) is 612 cm³/mol. The first-order chi connectivity index (χ1) is 71.2. The van der Waals surface area contributed by atoms with Crippen molar-refractivity contribution in [3.05, 3.63) is 497 Å². The first kappa shape index (κ1) is 83.4. The summed E-state index contributed by atoms with van der Waals surface area (Å²) in [7, 11) is 8.76. The van der Waals surface area contributed by atoms with Crippen LogP contribution >= 0.6 is 0 Å². The third kappa shape index (κ3) is 13.1. The van der Waals surface area contributed by atoms with E-state index in [2.05, 4.69) is 562 Å². The van der Waals surface area contributed by atoms with E-state index in [0.717, 1.165) is 0 Å². The lowest BCUT2D eigenvalue weighted by molar-refractivity contribution is 1.02. The number of hydrogen-bond donors (Lipinski definition) is 0. The van der Waals surface area contributed by atoms with Gasteiger partial charge in [-0.15, -0.1) is 0 Å². The zero-order valence-corrected chi connectivity index (χ0v) is 79.9. The van der Waals surface area contributed by atoms with Crippen molar-refractivity contribution in [1.82, 2.24) is 36.4 Å². The first-order valence-electron chi connectivity index (χ1n) is 49.7. The van der Waals surface area contributed by atoms with E-state index in [1.54, 1.807) is 0 Å². The second kappa shape index (κ2) is 33.5. The molecule has 31 rings (SSSR count). The number of hydrogen-bond acceptors (Lipinski definition) is 0. The van der Waals surface area contributed by atoms with Gasteiger partial charge in [-0.25, -0.2) is 0 Å². The minimum Gasteiger partial charge on any atom is -0.343 e. The molecule has 22 aromatic carbocycles. The van der Waals surface area contributed by atoms with E-state index in [1.807, 2.05) is 0 Å². The van der Waals surface area contributed by atoms with Crippen LogP contribution in [0.1, 0.15) is 0 Å². The summed E-state index contributed by atoms with van der Waals surface area (Å²) in [4.78, 5) is 0. The van der Waals surface area contributed by atoms with E-state index in [-0.39, 0.29) is 0 Å². The Morgan fingerprint density at radius 3 is 0.743 bits per heavy atom. The van der Waals surface area contributed by atoms with Crippen LogP contribution in [0.2, 0.25) is 0 Å². The van der Waals surface area contributed by atoms with Gasteiger partial charge in [-0.2, -0.15) is 0 Å². The van der Waals surface area contributed by atoms with Crippen molar-refractivity contribution in [3.63, 3.8) is 0 Å². The highest BCUT2D eigenvalue weighted by Crippen LogP contribution is 2.49. The van der Waals surface area contributed by atoms with Crippen molar-refractivity contribution < 1.29 is 0 Å². The summed E-state index contributed by atoms with van der Waals surface area (Å²) in [5, 5.41) is 23.5. The summed E-state index contributed by atoms with van der Waals surface area (Å²) in [6, 6.07) is 180. The Balaban J connectivity index is 0.0000000941. The van der Waals surface area contributed by atoms with Crippen LogP contribution in [0.25, 0.3) is 275 Å². The number of rotatable bonds is 9. The molecular formula is C136H94N8. The van der Waals surface area contributed by atoms with Crippen LogP contribution in [-0.2, 0) is 28.2 Å². The number of para-hydroxylation sites is 9. The highest BCUT2D eigenvalue weighted by molar-refractivity contribution is 6.31. The lowest BCUT2D eigenvalue weighted by Crippen LogP contribution is -1.96. The maximum atomic E-state index is 2.48. The molecule has 9 heterocycles. The number of benzene rings is 22. The fourth-order valence-electron chi connectivity index (χ4n) is 24.1. The van der Waals surface area contributed by atoms with Crippen LogP contribution in [0.5, 0.6) is 0 Å². The number of aromatic nitrogens is 8. The zero-order chi connectivity index (χ0) is 95.5. The van der Waals surface area contributed by atoms with Crippen molar-refractivity contribution >= 4 is 191 Å². The molecule has 0 aliphatic carbocycles. The molecule has 0 aliphatic heterocycles. The van der Waals surface area contributed by atoms with Crippen molar-refractivity contribution in [2.45, 2.75) is 0 Å². The van der Waals surface area contributed by atoms with E-state index in [9.17, 15) is 0 Å². The smallest absolute Gasteiger partial charge is 0.0785 e. The second-order valence-corrected chi connectivity index (χ2v) is 38.3. The van der Waals surface area contributed by atoms with Gasteiger partial charge in [-0.05, 0) is 176 Å². The largest absolute Gasteiger partial charge is 0.343 e. The highest BCUT2D eigenvalue weighted by Gasteiger charge is 2.27. The SMILES string of the molecule is Cn1c2ccccc2c2ccc3c(c4ccccc4n3-c3cc(-c4ccccc4)cc(-c4ccccc4)c3)c21.Cn1c2ccccc2c2ccc3c(c4ccccc4n3-c3ccc(-c4ccc(-c5ccccc5)cc4)cc3)c21.Cn1c2ccccc2c2ccc3c(c4ccccc4n3-c3cccc(-c4ccc(-c5ccccc5)cc4)c3)c21.Cn1c2ccccc2c2ccc3c4cccc5c6ccccc6n(c54)c3c21. The van der Waals surface area contributed by atoms with E-state index in [4.69, 9.17) is 0 Å². The van der Waals surface area contributed by atoms with Gasteiger partial charge in [0, 0.05) is 164 Å². The Morgan fingerprint density at radius 2 is 0.354 bits per heavy atom. The van der Waals surface area contributed by atoms with E-state index in [1.165, 1.54) is 275 Å². The lowest BCUT2D eigenvalue weighted by atomic mass is 9.98. The number of nitrogens with zero attached hydrogens (tertiary/aromatic N) is 8. The van der Waals surface area contributed by atoms with Crippen LogP contribution < -0.4 is 0 Å². The number of fused-ring (bicyclic) bond motifs is 31. The van der Waals surface area contributed by atoms with Gasteiger partial charge in [-0.3, -0.25) is 0 Å². The Morgan fingerprint density at radius 1 is 0.118 bits per heavy atom. The van der Waals surface area contributed by atoms with Crippen molar-refractivity contribution in [3.8, 4) is 83.8 Å². The molecule has 0 aliphatic rings. The van der Waals surface area contributed by atoms with Gasteiger partial charge in [0.25, 0.3) is 0 Å². The van der Waals surface area contributed by atoms with Crippen LogP contribution in [0.4, 0.5) is 0 Å². The van der Waals surface area contributed by atoms with Gasteiger partial charge >= 0.3 is 0 Å². The fourth-order valence-corrected chi connectivity index (χ4v) is 24.1. The van der Waals surface area contributed by atoms with Gasteiger partial charge in [-0.1, -0.05) is 388 Å². The minimum absolute atomic E-state index is 1.17. The van der Waals surface area contributed by atoms with Crippen LogP contribution in [0, 0.1) is 0 Å². The zero-order valence-electron chi connectivity index (χ0n) is 79.9. The van der Waals surface area contributed by atoms with Gasteiger partial charge in [0.05, 0.1) is 71.7 Å². The van der Waals surface area contributed by atoms with Crippen LogP contribution in [-0.4, -0.2) is 36.4 Å². The van der Waals surface area contributed by atoms with E-state index < -0.39 is 0 Å². The van der Waals surface area contributed by atoms with Gasteiger partial charge in [0.2, 0.25) is 0 Å². The van der Waals surface area contributed by atoms with Crippen LogP contribution in [0.3, 0.4) is 0 Å². The number of aryl methyl sites for hydroxylation is 4. The molecule has 0 atom stereocenters. The molecule has 0 saturated heterocycles. The van der Waals surface area contributed by atoms with Crippen LogP contribution in [0.15, 0.2) is 497 Å². The van der Waals surface area contributed by atoms with Gasteiger partial charge in [0.1, 0.15) is 0 Å². The molecule has 0 unspecified atom stereocenters. The van der Waals surface area contributed by atoms with E-state index >= 15 is 0 Å². The summed E-state index contributed by atoms with van der Waals surface area (Å²) in [6.07, 6.45) is 0. The summed E-state index contributed by atoms with van der Waals surface area (Å²) in [5.74, 6) is 0. The Kier molecular flexibility index (Phi) is 19.4. The Bertz CT molecular complexity index is 10500. The molecule has 0 amide bonds. The molecule has 0 bridgehead atoms. The molecule has 9 aromatic heterocycles. The van der Waals surface area contributed by atoms with Crippen molar-refractivity contribution in [1.29, 1.82) is 0 Å². The molecule has 144 heavy (non-hydrogen) atoms. The fraction of sp³-hybridized carbons (Fsp3) is 0.0294. The van der Waals surface area contributed by atoms with Gasteiger partial charge < -0.3 is 36.4 Å². The molecule has 0 radical (unpaired) electrons. The molecule has 0 fully saturated rings. The summed E-state index contributed by atoms with van der Waals surface area (Å²) in [6.45, 7) is 0. The summed E-state index contributed by atoms with van der Waals surface area (Å²) < 4.78 is 19.2. The molecule has 0 saturated carbocycles. The highest BCUT2D eigenvalue weighted by atomic mass is 15.0. The van der Waals surface area contributed by atoms with Gasteiger partial charge in [0.15, 0.2) is 0 Å². The normalized spacial score (nSPS) is 11.9. The standard InChI is InChI=1S/3C37H26N2.C25H16N2/c1-38-33-18-10-8-16-30(33)31-20-21-35-36(37(31)38)32-17-9-11-19-34(32)39(35)29-23-27(25-12-4-2-5-13-25)22-28(24-29)26-14-6-3-7-15-26;1-38-33-16-7-5-14-30(33)31-22-23-35-36(37(31)38)32-15-6-8-17-34(32)39(35)29-13-9-12-28(24-29)27-20-18-26(19-21-27)25-10-3-2-4-11-25;1-38-33-13-7-5-11-30(33)31-23-24-35-36(37(31)38)32-12-6-8-14-34(32)39(35)29-21-19-28(20-22-29)27-17-15-26(16-18-27)25-9-3-2-4-10-25;1-26-21-11-4-2-7-15(21)19-13-14-20-18-10-6-9-17-16-8-3-5-12-22(16)27(23(17)18)25(20)24(19)26/h3*2-24H,1H3;2-14H,1H3. The molecule has 0 N–H and O–H groups in total. The Hall–Kier alpha value is -18.8. The minimum atomic E-state index is 1.17. The molecule has 8 nitrogen and oxygen atoms in total. The quantitative estimate of drug-likeness (QED) is 0.138. The topological polar surface area (TPSA) is 38.9 Å². The molecule has 0 spiro atoms. The third-order valence-corrected chi connectivity index (χ3v) is 30.6.